The Balaban J connectivity index is 1.59. The van der Waals surface area contributed by atoms with Crippen LogP contribution in [-0.2, 0) is 4.79 Å². The minimum atomic E-state index is -0.116. The maximum atomic E-state index is 13.1. The van der Waals surface area contributed by atoms with Crippen LogP contribution in [0.25, 0.3) is 0 Å². The number of imide groups is 1. The van der Waals surface area contributed by atoms with E-state index >= 15 is 0 Å². The molecule has 33 heavy (non-hydrogen) atoms. The molecule has 5 heteroatoms. The number of hydrogen-bond donors (Lipinski definition) is 2. The maximum absolute atomic E-state index is 13.1. The largest absolute Gasteiger partial charge is 0.396 e. The highest BCUT2D eigenvalue weighted by Crippen LogP contribution is 2.25. The molecule has 0 heterocycles. The Hall–Kier alpha value is -1.10. The lowest BCUT2D eigenvalue weighted by Gasteiger charge is -2.34. The molecule has 0 aromatic carbocycles. The minimum Gasteiger partial charge on any atom is -0.396 e. The number of hydrogen-bond acceptors (Lipinski definition) is 3. The van der Waals surface area contributed by atoms with Crippen molar-refractivity contribution in [3.8, 4) is 0 Å². The van der Waals surface area contributed by atoms with Gasteiger partial charge in [-0.15, -0.1) is 0 Å². The summed E-state index contributed by atoms with van der Waals surface area (Å²) in [6, 6.07) is 0.249. The quantitative estimate of drug-likeness (QED) is 0.236. The van der Waals surface area contributed by atoms with Gasteiger partial charge in [-0.1, -0.05) is 103 Å². The first-order valence-corrected chi connectivity index (χ1v) is 14.5. The van der Waals surface area contributed by atoms with E-state index in [9.17, 15) is 9.59 Å². The van der Waals surface area contributed by atoms with Crippen LogP contribution < -0.4 is 5.32 Å². The number of unbranched alkanes of at least 4 members (excludes halogenated alkanes) is 11. The maximum Gasteiger partial charge on any atom is 0.324 e. The summed E-state index contributed by atoms with van der Waals surface area (Å²) in [5.41, 5.74) is 0. The Labute approximate surface area is 203 Å². The van der Waals surface area contributed by atoms with Crippen molar-refractivity contribution in [2.24, 2.45) is 0 Å². The summed E-state index contributed by atoms with van der Waals surface area (Å²) in [7, 11) is 0. The van der Waals surface area contributed by atoms with Crippen LogP contribution in [0.15, 0.2) is 0 Å². The molecule has 2 N–H and O–H groups in total. The number of amides is 3. The van der Waals surface area contributed by atoms with E-state index in [0.717, 1.165) is 64.2 Å². The molecule has 3 amide bonds. The Morgan fingerprint density at radius 1 is 0.636 bits per heavy atom. The molecule has 0 bridgehead atoms. The Bertz CT molecular complexity index is 513. The molecule has 2 fully saturated rings. The van der Waals surface area contributed by atoms with E-state index in [1.54, 1.807) is 4.90 Å². The molecule has 0 aliphatic heterocycles. The number of nitrogens with zero attached hydrogens (tertiary/aromatic N) is 1. The Morgan fingerprint density at radius 3 is 1.61 bits per heavy atom. The van der Waals surface area contributed by atoms with Crippen LogP contribution in [0.1, 0.15) is 148 Å². The molecular formula is C28H52N2O3. The van der Waals surface area contributed by atoms with E-state index in [0.29, 0.717) is 13.0 Å². The second-order valence-electron chi connectivity index (χ2n) is 10.6. The fraction of sp³-hybridized carbons (Fsp3) is 0.929. The highest BCUT2D eigenvalue weighted by molar-refractivity contribution is 5.95. The molecule has 0 saturated heterocycles. The third kappa shape index (κ3) is 12.2. The first-order valence-electron chi connectivity index (χ1n) is 14.5. The minimum absolute atomic E-state index is 0.0522. The smallest absolute Gasteiger partial charge is 0.324 e. The summed E-state index contributed by atoms with van der Waals surface area (Å²) in [6.45, 7) is 0.331. The monoisotopic (exact) mass is 464 g/mol. The van der Waals surface area contributed by atoms with Gasteiger partial charge in [0.05, 0.1) is 0 Å². The number of rotatable bonds is 16. The molecule has 0 spiro atoms. The molecule has 2 rings (SSSR count). The van der Waals surface area contributed by atoms with Gasteiger partial charge in [0.25, 0.3) is 0 Å². The second-order valence-corrected chi connectivity index (χ2v) is 10.6. The van der Waals surface area contributed by atoms with Gasteiger partial charge in [0.15, 0.2) is 0 Å². The van der Waals surface area contributed by atoms with Crippen molar-refractivity contribution in [2.75, 3.05) is 6.61 Å². The van der Waals surface area contributed by atoms with Crippen LogP contribution in [-0.4, -0.2) is 40.6 Å². The molecule has 5 nitrogen and oxygen atoms in total. The first-order chi connectivity index (χ1) is 16.2. The van der Waals surface area contributed by atoms with E-state index in [1.165, 1.54) is 77.0 Å². The van der Waals surface area contributed by atoms with E-state index in [1.807, 2.05) is 0 Å². The summed E-state index contributed by atoms with van der Waals surface area (Å²) >= 11 is 0. The number of carbonyl (C=O) groups excluding carboxylic acids is 2. The second kappa shape index (κ2) is 18.3. The molecule has 0 aromatic heterocycles. The third-order valence-corrected chi connectivity index (χ3v) is 7.66. The summed E-state index contributed by atoms with van der Waals surface area (Å²) in [6.07, 6.45) is 26.1. The summed E-state index contributed by atoms with van der Waals surface area (Å²) in [4.78, 5) is 27.8. The number of nitrogens with one attached hydrogen (secondary N) is 1. The average Bonchev–Trinajstić information content (AvgIpc) is 2.83. The van der Waals surface area contributed by atoms with Crippen LogP contribution in [0.4, 0.5) is 4.79 Å². The summed E-state index contributed by atoms with van der Waals surface area (Å²) in [5.74, 6) is 0.0522. The van der Waals surface area contributed by atoms with Crippen molar-refractivity contribution in [1.82, 2.24) is 10.2 Å². The Kier molecular flexibility index (Phi) is 15.6. The lowest BCUT2D eigenvalue weighted by Crippen LogP contribution is -2.52. The van der Waals surface area contributed by atoms with E-state index in [2.05, 4.69) is 5.32 Å². The van der Waals surface area contributed by atoms with Gasteiger partial charge in [0, 0.05) is 25.1 Å². The normalized spacial score (nSPS) is 17.7. The van der Waals surface area contributed by atoms with Gasteiger partial charge >= 0.3 is 6.03 Å². The lowest BCUT2D eigenvalue weighted by molar-refractivity contribution is -0.130. The summed E-state index contributed by atoms with van der Waals surface area (Å²) < 4.78 is 0. The molecule has 0 aromatic rings. The fourth-order valence-electron chi connectivity index (χ4n) is 5.59. The third-order valence-electron chi connectivity index (χ3n) is 7.66. The molecule has 2 aliphatic rings. The van der Waals surface area contributed by atoms with Crippen LogP contribution in [0, 0.1) is 0 Å². The van der Waals surface area contributed by atoms with Crippen molar-refractivity contribution in [3.05, 3.63) is 0 Å². The topological polar surface area (TPSA) is 69.6 Å². The summed E-state index contributed by atoms with van der Waals surface area (Å²) in [5, 5.41) is 12.0. The molecule has 2 saturated carbocycles. The van der Waals surface area contributed by atoms with E-state index in [-0.39, 0.29) is 24.0 Å². The van der Waals surface area contributed by atoms with Crippen LogP contribution >= 0.6 is 0 Å². The number of urea groups is 1. The highest BCUT2D eigenvalue weighted by Gasteiger charge is 2.31. The first kappa shape index (κ1) is 28.1. The Morgan fingerprint density at radius 2 is 1.09 bits per heavy atom. The van der Waals surface area contributed by atoms with Crippen molar-refractivity contribution >= 4 is 11.9 Å². The van der Waals surface area contributed by atoms with Crippen molar-refractivity contribution in [2.45, 2.75) is 160 Å². The SMILES string of the molecule is O=C(CCCCCCCCCCCCCCO)N(C(=O)NC1CCCCC1)C1CCCCC1. The fourth-order valence-corrected chi connectivity index (χ4v) is 5.59. The standard InChI is InChI=1S/C28H52N2O3/c31-24-18-10-8-6-4-2-1-3-5-7-9-17-23-27(32)30(26-21-15-12-16-22-26)28(33)29-25-19-13-11-14-20-25/h25-26,31H,1-24H2,(H,29,33). The lowest BCUT2D eigenvalue weighted by atomic mass is 9.93. The van der Waals surface area contributed by atoms with Gasteiger partial charge in [-0.05, 0) is 38.5 Å². The number of carbonyl (C=O) groups is 2. The number of aliphatic hydroxyl groups is 1. The molecule has 0 atom stereocenters. The zero-order valence-electron chi connectivity index (χ0n) is 21.3. The highest BCUT2D eigenvalue weighted by atomic mass is 16.3. The van der Waals surface area contributed by atoms with Gasteiger partial charge in [-0.2, -0.15) is 0 Å². The van der Waals surface area contributed by atoms with Crippen molar-refractivity contribution < 1.29 is 14.7 Å². The van der Waals surface area contributed by atoms with Crippen molar-refractivity contribution in [3.63, 3.8) is 0 Å². The molecule has 0 radical (unpaired) electrons. The van der Waals surface area contributed by atoms with Crippen molar-refractivity contribution in [1.29, 1.82) is 0 Å². The molecule has 2 aliphatic carbocycles. The van der Waals surface area contributed by atoms with Gasteiger partial charge in [0.1, 0.15) is 0 Å². The van der Waals surface area contributed by atoms with Gasteiger partial charge in [-0.3, -0.25) is 9.69 Å². The van der Waals surface area contributed by atoms with Gasteiger partial charge < -0.3 is 10.4 Å². The molecular weight excluding hydrogens is 412 g/mol. The predicted octanol–water partition coefficient (Wildman–Crippen LogP) is 7.25. The number of aliphatic hydroxyl groups excluding tert-OH is 1. The molecule has 0 unspecified atom stereocenters. The van der Waals surface area contributed by atoms with Crippen LogP contribution in [0.3, 0.4) is 0 Å². The average molecular weight is 465 g/mol. The van der Waals surface area contributed by atoms with E-state index < -0.39 is 0 Å². The molecule has 192 valence electrons. The van der Waals surface area contributed by atoms with Gasteiger partial charge in [0.2, 0.25) is 5.91 Å². The van der Waals surface area contributed by atoms with Crippen LogP contribution in [0.2, 0.25) is 0 Å². The predicted molar refractivity (Wildman–Crippen MR) is 136 cm³/mol. The zero-order valence-corrected chi connectivity index (χ0v) is 21.3. The van der Waals surface area contributed by atoms with Crippen LogP contribution in [0.5, 0.6) is 0 Å². The van der Waals surface area contributed by atoms with Gasteiger partial charge in [-0.25, -0.2) is 4.79 Å². The zero-order chi connectivity index (χ0) is 23.6. The van der Waals surface area contributed by atoms with E-state index in [4.69, 9.17) is 5.11 Å².